The third kappa shape index (κ3) is 2.48. The number of nitrogens with zero attached hydrogens (tertiary/aromatic N) is 1. The summed E-state index contributed by atoms with van der Waals surface area (Å²) in [6, 6.07) is 0.435. The smallest absolute Gasteiger partial charge is 0.241 e. The van der Waals surface area contributed by atoms with E-state index in [-0.39, 0.29) is 12.2 Å². The molecule has 3 aliphatic rings. The maximum absolute atomic E-state index is 12.7. The van der Waals surface area contributed by atoms with Gasteiger partial charge in [-0.25, -0.2) is 0 Å². The molecule has 0 spiro atoms. The molecular formula is C16H28N2O2. The molecule has 2 aliphatic carbocycles. The van der Waals surface area contributed by atoms with Crippen LogP contribution in [0.1, 0.15) is 58.3 Å². The summed E-state index contributed by atoms with van der Waals surface area (Å²) in [6.45, 7) is 2.11. The van der Waals surface area contributed by atoms with Gasteiger partial charge in [0.25, 0.3) is 0 Å². The molecule has 0 radical (unpaired) electrons. The lowest BCUT2D eigenvalue weighted by Crippen LogP contribution is -2.47. The van der Waals surface area contributed by atoms with Crippen LogP contribution < -0.4 is 5.32 Å². The Morgan fingerprint density at radius 2 is 2.00 bits per heavy atom. The van der Waals surface area contributed by atoms with E-state index in [0.717, 1.165) is 25.7 Å². The highest BCUT2D eigenvalue weighted by Gasteiger charge is 2.46. The van der Waals surface area contributed by atoms with Gasteiger partial charge < -0.3 is 9.64 Å². The van der Waals surface area contributed by atoms with Crippen LogP contribution in [0.5, 0.6) is 0 Å². The number of nitrogens with one attached hydrogen (secondary N) is 1. The van der Waals surface area contributed by atoms with E-state index < -0.39 is 0 Å². The Morgan fingerprint density at radius 1 is 1.25 bits per heavy atom. The summed E-state index contributed by atoms with van der Waals surface area (Å²) in [7, 11) is 1.79. The second-order valence-electron chi connectivity index (χ2n) is 6.69. The average Bonchev–Trinajstić information content (AvgIpc) is 3.17. The third-order valence-corrected chi connectivity index (χ3v) is 5.56. The van der Waals surface area contributed by atoms with Crippen LogP contribution >= 0.6 is 0 Å². The fourth-order valence-electron chi connectivity index (χ4n) is 4.39. The second-order valence-corrected chi connectivity index (χ2v) is 6.69. The number of rotatable bonds is 4. The number of hydrogen-bond donors (Lipinski definition) is 1. The van der Waals surface area contributed by atoms with E-state index in [1.54, 1.807) is 7.11 Å². The van der Waals surface area contributed by atoms with Crippen LogP contribution in [0.4, 0.5) is 0 Å². The molecule has 3 fully saturated rings. The van der Waals surface area contributed by atoms with Crippen LogP contribution in [0, 0.1) is 5.92 Å². The van der Waals surface area contributed by atoms with Gasteiger partial charge in [0.1, 0.15) is 0 Å². The van der Waals surface area contributed by atoms with E-state index in [1.165, 1.54) is 25.7 Å². The van der Waals surface area contributed by atoms with Gasteiger partial charge in [-0.05, 0) is 44.4 Å². The molecule has 0 aromatic carbocycles. The quantitative estimate of drug-likeness (QED) is 0.859. The molecular weight excluding hydrogens is 252 g/mol. The van der Waals surface area contributed by atoms with Crippen LogP contribution in [0.2, 0.25) is 0 Å². The van der Waals surface area contributed by atoms with Crippen molar-refractivity contribution < 1.29 is 9.53 Å². The minimum absolute atomic E-state index is 0.0437. The van der Waals surface area contributed by atoms with E-state index in [0.29, 0.717) is 24.0 Å². The van der Waals surface area contributed by atoms with Gasteiger partial charge in [0.05, 0.1) is 18.3 Å². The molecule has 0 bridgehead atoms. The average molecular weight is 280 g/mol. The van der Waals surface area contributed by atoms with Crippen molar-refractivity contribution in [2.45, 2.75) is 82.6 Å². The first kappa shape index (κ1) is 14.3. The summed E-state index contributed by atoms with van der Waals surface area (Å²) in [5.74, 6) is 1.00. The maximum atomic E-state index is 12.7. The summed E-state index contributed by atoms with van der Waals surface area (Å²) < 4.78 is 5.49. The van der Waals surface area contributed by atoms with E-state index in [9.17, 15) is 4.79 Å². The first-order chi connectivity index (χ1) is 9.74. The molecule has 4 heteroatoms. The molecule has 1 saturated heterocycles. The number of methoxy groups -OCH3 is 1. The van der Waals surface area contributed by atoms with Gasteiger partial charge in [0, 0.05) is 13.2 Å². The summed E-state index contributed by atoms with van der Waals surface area (Å²) >= 11 is 0. The molecule has 1 aliphatic heterocycles. The minimum Gasteiger partial charge on any atom is -0.381 e. The SMILES string of the molecule is CCC1NC(C2CCCC2)N(C2CCC(OC)C2)C1=O. The van der Waals surface area contributed by atoms with E-state index in [4.69, 9.17) is 4.74 Å². The molecule has 3 rings (SSSR count). The monoisotopic (exact) mass is 280 g/mol. The second kappa shape index (κ2) is 6.02. The molecule has 4 atom stereocenters. The van der Waals surface area contributed by atoms with E-state index >= 15 is 0 Å². The Morgan fingerprint density at radius 3 is 2.60 bits per heavy atom. The maximum Gasteiger partial charge on any atom is 0.241 e. The first-order valence-corrected chi connectivity index (χ1v) is 8.35. The highest BCUT2D eigenvalue weighted by molar-refractivity contribution is 5.84. The lowest BCUT2D eigenvalue weighted by Gasteiger charge is -2.33. The number of carbonyl (C=O) groups excluding carboxylic acids is 1. The Kier molecular flexibility index (Phi) is 4.32. The normalized spacial score (nSPS) is 39.1. The zero-order chi connectivity index (χ0) is 14.1. The van der Waals surface area contributed by atoms with Crippen molar-refractivity contribution in [3.63, 3.8) is 0 Å². The molecule has 1 N–H and O–H groups in total. The fourth-order valence-corrected chi connectivity index (χ4v) is 4.39. The van der Waals surface area contributed by atoms with Gasteiger partial charge in [0.2, 0.25) is 5.91 Å². The van der Waals surface area contributed by atoms with Crippen molar-refractivity contribution in [1.29, 1.82) is 0 Å². The lowest BCUT2D eigenvalue weighted by atomic mass is 10.0. The Bertz CT molecular complexity index is 354. The fraction of sp³-hybridized carbons (Fsp3) is 0.938. The van der Waals surface area contributed by atoms with Crippen LogP contribution in [-0.2, 0) is 9.53 Å². The predicted molar refractivity (Wildman–Crippen MR) is 78.2 cm³/mol. The van der Waals surface area contributed by atoms with Crippen molar-refractivity contribution in [2.24, 2.45) is 5.92 Å². The topological polar surface area (TPSA) is 41.6 Å². The molecule has 20 heavy (non-hydrogen) atoms. The van der Waals surface area contributed by atoms with Crippen LogP contribution in [0.15, 0.2) is 0 Å². The molecule has 4 unspecified atom stereocenters. The number of carbonyl (C=O) groups is 1. The highest BCUT2D eigenvalue weighted by atomic mass is 16.5. The highest BCUT2D eigenvalue weighted by Crippen LogP contribution is 2.37. The zero-order valence-corrected chi connectivity index (χ0v) is 12.8. The third-order valence-electron chi connectivity index (χ3n) is 5.56. The Labute approximate surface area is 122 Å². The summed E-state index contributed by atoms with van der Waals surface area (Å²) in [4.78, 5) is 14.9. The van der Waals surface area contributed by atoms with Crippen molar-refractivity contribution in [3.8, 4) is 0 Å². The number of hydrogen-bond acceptors (Lipinski definition) is 3. The van der Waals surface area contributed by atoms with E-state index in [2.05, 4.69) is 17.1 Å². The van der Waals surface area contributed by atoms with Crippen molar-refractivity contribution in [2.75, 3.05) is 7.11 Å². The number of ether oxygens (including phenoxy) is 1. The molecule has 1 heterocycles. The molecule has 114 valence electrons. The molecule has 0 aromatic rings. The van der Waals surface area contributed by atoms with Crippen LogP contribution in [-0.4, -0.2) is 42.3 Å². The van der Waals surface area contributed by atoms with Crippen LogP contribution in [0.25, 0.3) is 0 Å². The number of amides is 1. The minimum atomic E-state index is 0.0437. The van der Waals surface area contributed by atoms with Gasteiger partial charge in [-0.15, -0.1) is 0 Å². The van der Waals surface area contributed by atoms with Gasteiger partial charge in [-0.2, -0.15) is 0 Å². The van der Waals surface area contributed by atoms with Gasteiger partial charge in [0.15, 0.2) is 0 Å². The standard InChI is InChI=1S/C16H28N2O2/c1-3-14-16(19)18(12-8-9-13(10-12)20-2)15(17-14)11-6-4-5-7-11/h11-15,17H,3-10H2,1-2H3. The van der Waals surface area contributed by atoms with Crippen molar-refractivity contribution >= 4 is 5.91 Å². The van der Waals surface area contributed by atoms with Crippen molar-refractivity contribution in [1.82, 2.24) is 10.2 Å². The van der Waals surface area contributed by atoms with E-state index in [1.807, 2.05) is 0 Å². The van der Waals surface area contributed by atoms with Gasteiger partial charge in [-0.1, -0.05) is 19.8 Å². The Hall–Kier alpha value is -0.610. The summed E-state index contributed by atoms with van der Waals surface area (Å²) in [5.41, 5.74) is 0. The lowest BCUT2D eigenvalue weighted by molar-refractivity contribution is -0.133. The van der Waals surface area contributed by atoms with Gasteiger partial charge in [-0.3, -0.25) is 10.1 Å². The molecule has 2 saturated carbocycles. The van der Waals surface area contributed by atoms with Gasteiger partial charge >= 0.3 is 0 Å². The van der Waals surface area contributed by atoms with Crippen LogP contribution in [0.3, 0.4) is 0 Å². The first-order valence-electron chi connectivity index (χ1n) is 8.35. The van der Waals surface area contributed by atoms with Crippen molar-refractivity contribution in [3.05, 3.63) is 0 Å². The Balaban J connectivity index is 1.75. The zero-order valence-electron chi connectivity index (χ0n) is 12.8. The molecule has 1 amide bonds. The molecule has 0 aromatic heterocycles. The molecule has 4 nitrogen and oxygen atoms in total. The predicted octanol–water partition coefficient (Wildman–Crippen LogP) is 2.28. The largest absolute Gasteiger partial charge is 0.381 e. The summed E-state index contributed by atoms with van der Waals surface area (Å²) in [5, 5.41) is 3.63. The summed E-state index contributed by atoms with van der Waals surface area (Å²) in [6.07, 6.45) is 9.96.